The number of aromatic nitrogens is 8. The minimum absolute atomic E-state index is 0.256. The zero-order chi connectivity index (χ0) is 57.8. The van der Waals surface area contributed by atoms with Crippen LogP contribution >= 0.6 is 0 Å². The smallest absolute Gasteiger partial charge is 0.227 e. The summed E-state index contributed by atoms with van der Waals surface area (Å²) >= 11 is 0.512. The topological polar surface area (TPSA) is 87.2 Å². The number of pyridine rings is 1. The number of fused-ring (bicyclic) bond motifs is 13. The van der Waals surface area contributed by atoms with E-state index >= 15 is 0 Å². The van der Waals surface area contributed by atoms with Gasteiger partial charge in [0.1, 0.15) is 11.5 Å². The summed E-state index contributed by atoms with van der Waals surface area (Å²) in [5.41, 5.74) is 13.7. The van der Waals surface area contributed by atoms with Crippen LogP contribution in [0.25, 0.3) is 151 Å². The second-order valence-electron chi connectivity index (χ2n) is 24.2. The van der Waals surface area contributed by atoms with Crippen LogP contribution in [0.4, 0.5) is 0 Å². The van der Waals surface area contributed by atoms with Gasteiger partial charge in [0.2, 0.25) is 0 Å². The minimum Gasteiger partial charge on any atom is -0.227 e. The first-order valence-corrected chi connectivity index (χ1v) is 34.6. The molecule has 16 aromatic rings. The van der Waals surface area contributed by atoms with Crippen LogP contribution in [0.1, 0.15) is 87.2 Å². The molecule has 10 heteroatoms. The van der Waals surface area contributed by atoms with Crippen LogP contribution in [0, 0.1) is 0 Å². The van der Waals surface area contributed by atoms with Crippen LogP contribution < -0.4 is 0 Å². The number of hydrogen-bond donors (Lipinski definition) is 0. The van der Waals surface area contributed by atoms with E-state index in [1.54, 1.807) is 0 Å². The van der Waals surface area contributed by atoms with Gasteiger partial charge in [-0.15, -0.1) is 0 Å². The zero-order valence-corrected chi connectivity index (χ0v) is 51.8. The van der Waals surface area contributed by atoms with E-state index in [9.17, 15) is 0 Å². The standard InChI is InChI=1S/C78H58N8Se2/c1-5-18-47(19-6-1)51-32-36-64-59(42-51)73-66(85(64)72-31-17-28-61(79-72)77-83-75(49-22-9-3-10-23-49)82-76(84-77)50-24-11-4-12-25-50)38-39-67-74(73)60-43-52(48-20-7-2-8-21-48)33-37-65(60)86(67)78-80-62(53-34-40-70-57(44-53)55-26-13-15-29-68(55)87-70)46-63(81-78)54-35-41-71-58(45-54)56-27-14-16-30-69(56)88-71/h3-4,9-17,22-48H,1-2,5-8,18-21H2. The average molecular weight is 1270 g/mol. The fourth-order valence-electron chi connectivity index (χ4n) is 14.7. The molecule has 2 aliphatic rings. The summed E-state index contributed by atoms with van der Waals surface area (Å²) in [6.45, 7) is 0. The van der Waals surface area contributed by atoms with Gasteiger partial charge >= 0.3 is 276 Å². The van der Waals surface area contributed by atoms with Crippen molar-refractivity contribution in [2.45, 2.75) is 76.0 Å². The van der Waals surface area contributed by atoms with Crippen LogP contribution in [0.15, 0.2) is 218 Å². The van der Waals surface area contributed by atoms with Crippen molar-refractivity contribution in [1.82, 2.24) is 39.0 Å². The van der Waals surface area contributed by atoms with E-state index in [0.717, 1.165) is 61.5 Å². The van der Waals surface area contributed by atoms with Crippen molar-refractivity contribution in [3.8, 4) is 68.6 Å². The fourth-order valence-corrected chi connectivity index (χ4v) is 19.3. The molecule has 7 heterocycles. The average Bonchev–Trinajstić information content (AvgIpc) is 1.75. The first-order valence-electron chi connectivity index (χ1n) is 31.2. The summed E-state index contributed by atoms with van der Waals surface area (Å²) in [7, 11) is 0. The van der Waals surface area contributed by atoms with Gasteiger partial charge in [0.15, 0.2) is 17.5 Å². The van der Waals surface area contributed by atoms with Crippen molar-refractivity contribution in [2.75, 3.05) is 0 Å². The molecular weight excluding hydrogens is 1210 g/mol. The van der Waals surface area contributed by atoms with E-state index in [0.29, 0.717) is 41.0 Å². The molecule has 0 atom stereocenters. The molecule has 9 aromatic carbocycles. The van der Waals surface area contributed by atoms with Gasteiger partial charge in [0.25, 0.3) is 0 Å². The third kappa shape index (κ3) is 8.83. The van der Waals surface area contributed by atoms with Gasteiger partial charge in [-0.25, -0.2) is 19.9 Å². The molecule has 0 unspecified atom stereocenters. The van der Waals surface area contributed by atoms with Crippen molar-refractivity contribution in [3.05, 3.63) is 230 Å². The summed E-state index contributed by atoms with van der Waals surface area (Å²) in [4.78, 5) is 32.4. The molecule has 8 nitrogen and oxygen atoms in total. The molecular formula is C78H58N8Se2. The summed E-state index contributed by atoms with van der Waals surface area (Å²) in [5, 5.41) is 10.2. The van der Waals surface area contributed by atoms with Crippen molar-refractivity contribution in [3.63, 3.8) is 0 Å². The van der Waals surface area contributed by atoms with Crippen molar-refractivity contribution in [2.24, 2.45) is 0 Å². The molecule has 2 fully saturated rings. The molecule has 7 aromatic heterocycles. The van der Waals surface area contributed by atoms with Crippen LogP contribution in [0.2, 0.25) is 0 Å². The zero-order valence-electron chi connectivity index (χ0n) is 48.4. The molecule has 2 aliphatic carbocycles. The van der Waals surface area contributed by atoms with Crippen molar-refractivity contribution >= 4 is 111 Å². The van der Waals surface area contributed by atoms with E-state index in [2.05, 4.69) is 185 Å². The van der Waals surface area contributed by atoms with E-state index in [1.807, 2.05) is 42.5 Å². The van der Waals surface area contributed by atoms with E-state index in [1.165, 1.54) is 135 Å². The Kier molecular flexibility index (Phi) is 12.6. The molecule has 88 heavy (non-hydrogen) atoms. The van der Waals surface area contributed by atoms with Crippen molar-refractivity contribution < 1.29 is 0 Å². The third-order valence-electron chi connectivity index (χ3n) is 19.0. The maximum atomic E-state index is 5.76. The number of benzene rings is 9. The Morgan fingerprint density at radius 1 is 0.295 bits per heavy atom. The normalized spacial score (nSPS) is 14.5. The Hall–Kier alpha value is -9.14. The second kappa shape index (κ2) is 21.3. The number of nitrogens with zero attached hydrogens (tertiary/aromatic N) is 8. The number of hydrogen-bond acceptors (Lipinski definition) is 6. The summed E-state index contributed by atoms with van der Waals surface area (Å²) in [6, 6.07) is 80.1. The Morgan fingerprint density at radius 2 is 0.761 bits per heavy atom. The fraction of sp³-hybridized carbons (Fsp3) is 0.154. The molecule has 0 spiro atoms. The summed E-state index contributed by atoms with van der Waals surface area (Å²) in [5.74, 6) is 4.21. The predicted octanol–water partition coefficient (Wildman–Crippen LogP) is 19.4. The Balaban J connectivity index is 0.897. The maximum absolute atomic E-state index is 5.76. The van der Waals surface area contributed by atoms with Crippen LogP contribution in [-0.2, 0) is 0 Å². The van der Waals surface area contributed by atoms with Crippen molar-refractivity contribution in [1.29, 1.82) is 0 Å². The van der Waals surface area contributed by atoms with E-state index in [-0.39, 0.29) is 29.0 Å². The quantitative estimate of drug-likeness (QED) is 0.134. The van der Waals surface area contributed by atoms with Gasteiger partial charge < -0.3 is 0 Å². The third-order valence-corrected chi connectivity index (χ3v) is 23.8. The molecule has 18 rings (SSSR count). The van der Waals surface area contributed by atoms with Gasteiger partial charge in [-0.3, -0.25) is 4.57 Å². The monoisotopic (exact) mass is 1270 g/mol. The molecule has 0 saturated heterocycles. The molecule has 422 valence electrons. The molecule has 0 radical (unpaired) electrons. The first kappa shape index (κ1) is 52.0. The number of rotatable bonds is 9. The SMILES string of the molecule is c1ccc(-c2nc(-c3ccccc3)nc(-c3cccc(-n4c5ccc(C6CCCCC6)cc5c5c6c7cc(C8CCCCC8)ccc7n(-c7nc(-c8ccc9[se]c%10ccccc%10c9c8)cc(-c8ccc9[se]c%10ccccc%10c9c8)n7)c6ccc54)n3)n2)cc1. The Labute approximate surface area is 520 Å². The van der Waals surface area contributed by atoms with E-state index in [4.69, 9.17) is 29.9 Å². The molecule has 0 aliphatic heterocycles. The first-order chi connectivity index (χ1) is 43.6. The van der Waals surface area contributed by atoms with Gasteiger partial charge in [0, 0.05) is 11.1 Å². The van der Waals surface area contributed by atoms with Gasteiger partial charge in [-0.05, 0) is 67.3 Å². The summed E-state index contributed by atoms with van der Waals surface area (Å²) in [6.07, 6.45) is 12.5. The van der Waals surface area contributed by atoms with Gasteiger partial charge in [-0.1, -0.05) is 111 Å². The summed E-state index contributed by atoms with van der Waals surface area (Å²) < 4.78 is 10.5. The molecule has 0 N–H and O–H groups in total. The Bertz CT molecular complexity index is 5240. The van der Waals surface area contributed by atoms with Gasteiger partial charge in [-0.2, -0.15) is 0 Å². The molecule has 0 amide bonds. The molecule has 0 bridgehead atoms. The van der Waals surface area contributed by atoms with Gasteiger partial charge in [0.05, 0.1) is 5.52 Å². The predicted molar refractivity (Wildman–Crippen MR) is 365 cm³/mol. The molecule has 2 saturated carbocycles. The Morgan fingerprint density at radius 3 is 1.31 bits per heavy atom. The minimum atomic E-state index is 0.256. The van der Waals surface area contributed by atoms with Crippen LogP contribution in [0.5, 0.6) is 0 Å². The second-order valence-corrected chi connectivity index (χ2v) is 28.8. The van der Waals surface area contributed by atoms with Crippen LogP contribution in [-0.4, -0.2) is 68.0 Å². The van der Waals surface area contributed by atoms with Crippen LogP contribution in [0.3, 0.4) is 0 Å². The van der Waals surface area contributed by atoms with E-state index < -0.39 is 0 Å².